The van der Waals surface area contributed by atoms with E-state index in [-0.39, 0.29) is 24.1 Å². The number of fused-ring (bicyclic) bond motifs is 1. The Morgan fingerprint density at radius 2 is 2.04 bits per heavy atom. The van der Waals surface area contributed by atoms with Crippen LogP contribution < -0.4 is 0 Å². The first-order chi connectivity index (χ1) is 10.9. The van der Waals surface area contributed by atoms with Gasteiger partial charge in [0.25, 0.3) is 11.6 Å². The molecule has 0 bridgehead atoms. The SMILES string of the molecule is O=C(c1ccc([N+](=O)[O-])cc1)N1C[C@H]2COCC[C@@]2(C(=O)O)C1. The van der Waals surface area contributed by atoms with E-state index in [1.54, 1.807) is 0 Å². The molecule has 2 fully saturated rings. The second-order valence-corrected chi connectivity index (χ2v) is 5.97. The number of rotatable bonds is 3. The quantitative estimate of drug-likeness (QED) is 0.661. The average Bonchev–Trinajstić information content (AvgIpc) is 2.95. The summed E-state index contributed by atoms with van der Waals surface area (Å²) >= 11 is 0. The number of nitro groups is 1. The van der Waals surface area contributed by atoms with Crippen molar-refractivity contribution in [1.29, 1.82) is 0 Å². The van der Waals surface area contributed by atoms with Gasteiger partial charge in [0.05, 0.1) is 16.9 Å². The first-order valence-electron chi connectivity index (χ1n) is 7.29. The number of hydrogen-bond donors (Lipinski definition) is 1. The summed E-state index contributed by atoms with van der Waals surface area (Å²) in [4.78, 5) is 35.9. The number of likely N-dealkylation sites (tertiary alicyclic amines) is 1. The molecule has 8 nitrogen and oxygen atoms in total. The van der Waals surface area contributed by atoms with Gasteiger partial charge in [0.2, 0.25) is 0 Å². The van der Waals surface area contributed by atoms with Crippen LogP contribution in [-0.4, -0.2) is 53.1 Å². The van der Waals surface area contributed by atoms with Gasteiger partial charge in [-0.05, 0) is 18.6 Å². The highest BCUT2D eigenvalue weighted by Crippen LogP contribution is 2.42. The molecule has 2 heterocycles. The van der Waals surface area contributed by atoms with Gasteiger partial charge < -0.3 is 14.7 Å². The second kappa shape index (κ2) is 5.62. The van der Waals surface area contributed by atoms with Crippen molar-refractivity contribution in [2.45, 2.75) is 6.42 Å². The molecule has 1 amide bonds. The number of nitrogens with zero attached hydrogens (tertiary/aromatic N) is 2. The van der Waals surface area contributed by atoms with Gasteiger partial charge in [-0.2, -0.15) is 0 Å². The molecule has 1 aromatic carbocycles. The summed E-state index contributed by atoms with van der Waals surface area (Å²) < 4.78 is 5.36. The molecule has 0 unspecified atom stereocenters. The lowest BCUT2D eigenvalue weighted by molar-refractivity contribution is -0.384. The number of non-ortho nitro benzene ring substituents is 1. The highest BCUT2D eigenvalue weighted by atomic mass is 16.6. The van der Waals surface area contributed by atoms with Crippen molar-refractivity contribution in [2.75, 3.05) is 26.3 Å². The predicted molar refractivity (Wildman–Crippen MR) is 78.0 cm³/mol. The molecule has 2 atom stereocenters. The van der Waals surface area contributed by atoms with Crippen molar-refractivity contribution >= 4 is 17.6 Å². The van der Waals surface area contributed by atoms with E-state index >= 15 is 0 Å². The molecule has 2 aliphatic heterocycles. The Bertz CT molecular complexity index is 658. The van der Waals surface area contributed by atoms with Crippen LogP contribution in [0.3, 0.4) is 0 Å². The molecule has 8 heteroatoms. The number of carbonyl (C=O) groups is 2. The van der Waals surface area contributed by atoms with E-state index < -0.39 is 16.3 Å². The molecule has 1 aromatic rings. The molecule has 2 saturated heterocycles. The van der Waals surface area contributed by atoms with Crippen LogP contribution in [-0.2, 0) is 9.53 Å². The van der Waals surface area contributed by atoms with Gasteiger partial charge in [0.1, 0.15) is 0 Å². The van der Waals surface area contributed by atoms with Crippen LogP contribution in [0.2, 0.25) is 0 Å². The van der Waals surface area contributed by atoms with Crippen molar-refractivity contribution in [1.82, 2.24) is 4.90 Å². The van der Waals surface area contributed by atoms with Gasteiger partial charge in [-0.3, -0.25) is 19.7 Å². The van der Waals surface area contributed by atoms with Crippen molar-refractivity contribution in [3.05, 3.63) is 39.9 Å². The maximum absolute atomic E-state index is 12.6. The van der Waals surface area contributed by atoms with Gasteiger partial charge in [0, 0.05) is 43.3 Å². The lowest BCUT2D eigenvalue weighted by Gasteiger charge is -2.33. The third-order valence-electron chi connectivity index (χ3n) is 4.75. The van der Waals surface area contributed by atoms with E-state index in [1.165, 1.54) is 29.2 Å². The van der Waals surface area contributed by atoms with Gasteiger partial charge in [0.15, 0.2) is 0 Å². The van der Waals surface area contributed by atoms with Crippen LogP contribution in [0.5, 0.6) is 0 Å². The van der Waals surface area contributed by atoms with E-state index in [9.17, 15) is 24.8 Å². The van der Waals surface area contributed by atoms with E-state index in [0.29, 0.717) is 31.7 Å². The first kappa shape index (κ1) is 15.4. The second-order valence-electron chi connectivity index (χ2n) is 5.97. The standard InChI is InChI=1S/C15H16N2O6/c18-13(10-1-3-12(4-2-10)17(21)22)16-7-11-8-23-6-5-15(11,9-16)14(19)20/h1-4,11H,5-9H2,(H,19,20)/t11-,15+/m0/s1. The molecule has 0 radical (unpaired) electrons. The minimum Gasteiger partial charge on any atom is -0.481 e. The van der Waals surface area contributed by atoms with E-state index in [0.717, 1.165) is 0 Å². The fourth-order valence-corrected chi connectivity index (χ4v) is 3.36. The maximum atomic E-state index is 12.6. The van der Waals surface area contributed by atoms with Crippen LogP contribution in [0.15, 0.2) is 24.3 Å². The Kier molecular flexibility index (Phi) is 3.77. The summed E-state index contributed by atoms with van der Waals surface area (Å²) in [6, 6.07) is 5.33. The number of carbonyl (C=O) groups excluding carboxylic acids is 1. The lowest BCUT2D eigenvalue weighted by atomic mass is 9.74. The zero-order valence-electron chi connectivity index (χ0n) is 12.3. The number of hydrogen-bond acceptors (Lipinski definition) is 5. The van der Waals surface area contributed by atoms with Crippen LogP contribution in [0.1, 0.15) is 16.8 Å². The highest BCUT2D eigenvalue weighted by molar-refractivity contribution is 5.95. The minimum absolute atomic E-state index is 0.0907. The molecule has 3 rings (SSSR count). The van der Waals surface area contributed by atoms with Crippen LogP contribution in [0, 0.1) is 21.4 Å². The molecule has 0 saturated carbocycles. The van der Waals surface area contributed by atoms with Crippen LogP contribution in [0.25, 0.3) is 0 Å². The summed E-state index contributed by atoms with van der Waals surface area (Å²) in [7, 11) is 0. The molecule has 0 aliphatic carbocycles. The van der Waals surface area contributed by atoms with Crippen molar-refractivity contribution in [3.63, 3.8) is 0 Å². The van der Waals surface area contributed by atoms with Crippen molar-refractivity contribution < 1.29 is 24.4 Å². The summed E-state index contributed by atoms with van der Waals surface area (Å²) in [5.41, 5.74) is -0.725. The van der Waals surface area contributed by atoms with E-state index in [4.69, 9.17) is 4.74 Å². The number of ether oxygens (including phenoxy) is 1. The average molecular weight is 320 g/mol. The summed E-state index contributed by atoms with van der Waals surface area (Å²) in [5.74, 6) is -1.43. The largest absolute Gasteiger partial charge is 0.481 e. The molecular formula is C15H16N2O6. The van der Waals surface area contributed by atoms with Crippen LogP contribution >= 0.6 is 0 Å². The van der Waals surface area contributed by atoms with Gasteiger partial charge in [-0.15, -0.1) is 0 Å². The number of amides is 1. The fourth-order valence-electron chi connectivity index (χ4n) is 3.36. The molecule has 2 aliphatic rings. The summed E-state index contributed by atoms with van der Waals surface area (Å²) in [6.45, 7) is 1.17. The van der Waals surface area contributed by atoms with Crippen LogP contribution in [0.4, 0.5) is 5.69 Å². The monoisotopic (exact) mass is 320 g/mol. The Morgan fingerprint density at radius 3 is 2.61 bits per heavy atom. The minimum atomic E-state index is -0.950. The third kappa shape index (κ3) is 2.55. The number of aliphatic carboxylic acids is 1. The fraction of sp³-hybridized carbons (Fsp3) is 0.467. The molecule has 1 N–H and O–H groups in total. The smallest absolute Gasteiger partial charge is 0.311 e. The molecule has 122 valence electrons. The predicted octanol–water partition coefficient (Wildman–Crippen LogP) is 1.16. The maximum Gasteiger partial charge on any atom is 0.311 e. The third-order valence-corrected chi connectivity index (χ3v) is 4.75. The molecule has 0 spiro atoms. The Morgan fingerprint density at radius 1 is 1.35 bits per heavy atom. The van der Waals surface area contributed by atoms with Gasteiger partial charge in [-0.1, -0.05) is 0 Å². The first-order valence-corrected chi connectivity index (χ1v) is 7.29. The van der Waals surface area contributed by atoms with Crippen molar-refractivity contribution in [2.24, 2.45) is 11.3 Å². The van der Waals surface area contributed by atoms with Gasteiger partial charge in [-0.25, -0.2) is 0 Å². The Labute approximate surface area is 131 Å². The number of benzene rings is 1. The number of carboxylic acid groups (broad SMARTS) is 1. The topological polar surface area (TPSA) is 110 Å². The normalized spacial score (nSPS) is 26.6. The van der Waals surface area contributed by atoms with E-state index in [1.807, 2.05) is 0 Å². The van der Waals surface area contributed by atoms with Crippen molar-refractivity contribution in [3.8, 4) is 0 Å². The Balaban J connectivity index is 1.81. The summed E-state index contributed by atoms with van der Waals surface area (Å²) in [5, 5.41) is 20.3. The molecule has 23 heavy (non-hydrogen) atoms. The lowest BCUT2D eigenvalue weighted by Crippen LogP contribution is -2.45. The number of nitro benzene ring substituents is 1. The Hall–Kier alpha value is -2.48. The zero-order valence-corrected chi connectivity index (χ0v) is 12.3. The number of carboxylic acids is 1. The highest BCUT2D eigenvalue weighted by Gasteiger charge is 2.54. The summed E-state index contributed by atoms with van der Waals surface area (Å²) in [6.07, 6.45) is 0.386. The van der Waals surface area contributed by atoms with Gasteiger partial charge >= 0.3 is 5.97 Å². The molecular weight excluding hydrogens is 304 g/mol. The van der Waals surface area contributed by atoms with E-state index in [2.05, 4.69) is 0 Å². The zero-order chi connectivity index (χ0) is 16.6. The molecule has 0 aromatic heterocycles.